The van der Waals surface area contributed by atoms with E-state index in [-0.39, 0.29) is 5.92 Å². The minimum Gasteiger partial charge on any atom is -0.458 e. The molecule has 0 radical (unpaired) electrons. The number of benzene rings is 1. The molecule has 0 amide bonds. The first-order valence-corrected chi connectivity index (χ1v) is 7.34. The lowest BCUT2D eigenvalue weighted by Crippen LogP contribution is -2.48. The molecule has 0 aliphatic carbocycles. The Balaban J connectivity index is 2.75. The highest BCUT2D eigenvalue weighted by atomic mass is 16.6. The average Bonchev–Trinajstić information content (AvgIpc) is 2.37. The molecule has 4 heteroatoms. The lowest BCUT2D eigenvalue weighted by molar-refractivity contribution is -0.171. The average molecular weight is 293 g/mol. The fourth-order valence-corrected chi connectivity index (χ4v) is 1.81. The predicted octanol–water partition coefficient (Wildman–Crippen LogP) is 2.90. The summed E-state index contributed by atoms with van der Waals surface area (Å²) in [5.41, 5.74) is 6.57. The normalized spacial score (nSPS) is 14.8. The topological polar surface area (TPSA) is 61.5 Å². The van der Waals surface area contributed by atoms with Gasteiger partial charge in [0.1, 0.15) is 5.60 Å². The van der Waals surface area contributed by atoms with Crippen LogP contribution in [0, 0.1) is 5.92 Å². The summed E-state index contributed by atoms with van der Waals surface area (Å²) in [6, 6.07) is 9.31. The van der Waals surface area contributed by atoms with Crippen molar-refractivity contribution in [2.75, 3.05) is 0 Å². The first kappa shape index (κ1) is 17.7. The molecule has 0 aromatic heterocycles. The summed E-state index contributed by atoms with van der Waals surface area (Å²) in [6.07, 6.45) is -0.760. The Morgan fingerprint density at radius 2 is 1.76 bits per heavy atom. The Morgan fingerprint density at radius 1 is 1.19 bits per heavy atom. The number of carbonyl (C=O) groups excluding carboxylic acids is 1. The molecule has 0 fully saturated rings. The molecule has 1 rings (SSSR count). The fraction of sp³-hybridized carbons (Fsp3) is 0.588. The maximum atomic E-state index is 12.3. The second-order valence-corrected chi connectivity index (χ2v) is 6.57. The van der Waals surface area contributed by atoms with Crippen LogP contribution >= 0.6 is 0 Å². The van der Waals surface area contributed by atoms with E-state index in [2.05, 4.69) is 0 Å². The highest BCUT2D eigenvalue weighted by Crippen LogP contribution is 2.16. The van der Waals surface area contributed by atoms with Gasteiger partial charge in [0.25, 0.3) is 0 Å². The number of hydrogen-bond acceptors (Lipinski definition) is 4. The lowest BCUT2D eigenvalue weighted by atomic mass is 9.99. The van der Waals surface area contributed by atoms with E-state index in [1.807, 2.05) is 65.0 Å². The van der Waals surface area contributed by atoms with Crippen molar-refractivity contribution in [1.82, 2.24) is 0 Å². The summed E-state index contributed by atoms with van der Waals surface area (Å²) >= 11 is 0. The molecule has 0 saturated carbocycles. The van der Waals surface area contributed by atoms with Crippen molar-refractivity contribution in [3.05, 3.63) is 35.9 Å². The molecule has 0 bridgehead atoms. The van der Waals surface area contributed by atoms with E-state index < -0.39 is 23.7 Å². The van der Waals surface area contributed by atoms with E-state index >= 15 is 0 Å². The van der Waals surface area contributed by atoms with Crippen LogP contribution in [0.25, 0.3) is 0 Å². The van der Waals surface area contributed by atoms with E-state index in [1.165, 1.54) is 0 Å². The monoisotopic (exact) mass is 293 g/mol. The van der Waals surface area contributed by atoms with Crippen molar-refractivity contribution in [2.45, 2.75) is 59.0 Å². The van der Waals surface area contributed by atoms with Gasteiger partial charge in [-0.15, -0.1) is 0 Å². The number of rotatable bonds is 6. The fourth-order valence-electron chi connectivity index (χ4n) is 1.81. The largest absolute Gasteiger partial charge is 0.458 e. The Kier molecular flexibility index (Phi) is 6.37. The minimum absolute atomic E-state index is 0.123. The van der Waals surface area contributed by atoms with Crippen LogP contribution < -0.4 is 5.73 Å². The Bertz CT molecular complexity index is 437. The van der Waals surface area contributed by atoms with E-state index in [4.69, 9.17) is 15.2 Å². The number of carbonyl (C=O) groups is 1. The molecule has 2 N–H and O–H groups in total. The van der Waals surface area contributed by atoms with Gasteiger partial charge in [0.05, 0.1) is 6.61 Å². The van der Waals surface area contributed by atoms with E-state index in [0.717, 1.165) is 5.56 Å². The number of esters is 1. The molecule has 118 valence electrons. The van der Waals surface area contributed by atoms with Crippen LogP contribution in [0.1, 0.15) is 40.2 Å². The van der Waals surface area contributed by atoms with Crippen LogP contribution in [0.3, 0.4) is 0 Å². The summed E-state index contributed by atoms with van der Waals surface area (Å²) in [4.78, 5) is 12.3. The Hall–Kier alpha value is -1.39. The van der Waals surface area contributed by atoms with Crippen LogP contribution in [-0.4, -0.2) is 23.7 Å². The molecule has 0 aliphatic heterocycles. The number of hydrogen-bond donors (Lipinski definition) is 1. The van der Waals surface area contributed by atoms with E-state index in [0.29, 0.717) is 6.61 Å². The molecule has 2 atom stereocenters. The van der Waals surface area contributed by atoms with E-state index in [1.54, 1.807) is 0 Å². The van der Waals surface area contributed by atoms with Crippen LogP contribution in [0.5, 0.6) is 0 Å². The molecule has 0 spiro atoms. The Labute approximate surface area is 127 Å². The van der Waals surface area contributed by atoms with Crippen molar-refractivity contribution >= 4 is 5.97 Å². The summed E-state index contributed by atoms with van der Waals surface area (Å²) in [6.45, 7) is 9.77. The maximum Gasteiger partial charge on any atom is 0.337 e. The highest BCUT2D eigenvalue weighted by molar-refractivity contribution is 5.76. The van der Waals surface area contributed by atoms with Gasteiger partial charge in [-0.3, -0.25) is 0 Å². The molecule has 0 heterocycles. The smallest absolute Gasteiger partial charge is 0.337 e. The summed E-state index contributed by atoms with van der Waals surface area (Å²) in [5, 5.41) is 0. The van der Waals surface area contributed by atoms with Crippen molar-refractivity contribution in [3.8, 4) is 0 Å². The van der Waals surface area contributed by atoms with Crippen LogP contribution in [-0.2, 0) is 20.9 Å². The third kappa shape index (κ3) is 6.27. The third-order valence-electron chi connectivity index (χ3n) is 3.03. The zero-order valence-corrected chi connectivity index (χ0v) is 13.6. The van der Waals surface area contributed by atoms with Gasteiger partial charge in [0.2, 0.25) is 0 Å². The molecule has 1 unspecified atom stereocenters. The molecule has 0 aliphatic rings. The second-order valence-electron chi connectivity index (χ2n) is 6.57. The van der Waals surface area contributed by atoms with Crippen LogP contribution in [0.2, 0.25) is 0 Å². The quantitative estimate of drug-likeness (QED) is 0.819. The molecular formula is C17H27NO3. The second kappa shape index (κ2) is 7.57. The van der Waals surface area contributed by atoms with Gasteiger partial charge in [-0.05, 0) is 32.3 Å². The van der Waals surface area contributed by atoms with Crippen molar-refractivity contribution in [3.63, 3.8) is 0 Å². The SMILES string of the molecule is CC(C)[C@@H](N)C(OCc1ccccc1)C(=O)OC(C)(C)C. The Morgan fingerprint density at radius 3 is 2.24 bits per heavy atom. The summed E-state index contributed by atoms with van der Waals surface area (Å²) < 4.78 is 11.2. The van der Waals surface area contributed by atoms with Crippen molar-refractivity contribution in [2.24, 2.45) is 11.7 Å². The predicted molar refractivity (Wildman–Crippen MR) is 83.7 cm³/mol. The number of nitrogens with two attached hydrogens (primary N) is 1. The first-order chi connectivity index (χ1) is 9.70. The van der Waals surface area contributed by atoms with Gasteiger partial charge >= 0.3 is 5.97 Å². The van der Waals surface area contributed by atoms with Gasteiger partial charge in [0.15, 0.2) is 6.10 Å². The standard InChI is InChI=1S/C17H27NO3/c1-12(2)14(18)15(16(19)21-17(3,4)5)20-11-13-9-7-6-8-10-13/h6-10,12,14-15H,11,18H2,1-5H3/t14-,15?/m1/s1. The summed E-state index contributed by atoms with van der Waals surface area (Å²) in [5.74, 6) is -0.280. The molecule has 4 nitrogen and oxygen atoms in total. The lowest BCUT2D eigenvalue weighted by Gasteiger charge is -2.29. The highest BCUT2D eigenvalue weighted by Gasteiger charge is 2.32. The molecule has 1 aromatic carbocycles. The van der Waals surface area contributed by atoms with Gasteiger partial charge in [0, 0.05) is 6.04 Å². The first-order valence-electron chi connectivity index (χ1n) is 7.34. The van der Waals surface area contributed by atoms with Gasteiger partial charge in [-0.2, -0.15) is 0 Å². The van der Waals surface area contributed by atoms with E-state index in [9.17, 15) is 4.79 Å². The van der Waals surface area contributed by atoms with Crippen molar-refractivity contribution < 1.29 is 14.3 Å². The van der Waals surface area contributed by atoms with Crippen LogP contribution in [0.15, 0.2) is 30.3 Å². The van der Waals surface area contributed by atoms with Gasteiger partial charge < -0.3 is 15.2 Å². The maximum absolute atomic E-state index is 12.3. The van der Waals surface area contributed by atoms with Crippen molar-refractivity contribution in [1.29, 1.82) is 0 Å². The minimum atomic E-state index is -0.760. The van der Waals surface area contributed by atoms with Gasteiger partial charge in [-0.25, -0.2) is 4.79 Å². The number of ether oxygens (including phenoxy) is 2. The van der Waals surface area contributed by atoms with Gasteiger partial charge in [-0.1, -0.05) is 44.2 Å². The zero-order chi connectivity index (χ0) is 16.0. The molecule has 21 heavy (non-hydrogen) atoms. The molecule has 1 aromatic rings. The molecule has 0 saturated heterocycles. The third-order valence-corrected chi connectivity index (χ3v) is 3.03. The molecular weight excluding hydrogens is 266 g/mol. The van der Waals surface area contributed by atoms with Crippen LogP contribution in [0.4, 0.5) is 0 Å². The summed E-state index contributed by atoms with van der Waals surface area (Å²) in [7, 11) is 0. The zero-order valence-electron chi connectivity index (χ0n) is 13.6.